The van der Waals surface area contributed by atoms with Crippen LogP contribution in [-0.2, 0) is 9.47 Å². The molecular weight excluding hydrogens is 594 g/mol. The quantitative estimate of drug-likeness (QED) is 0.196. The van der Waals surface area contributed by atoms with Gasteiger partial charge >= 0.3 is 12.2 Å². The van der Waals surface area contributed by atoms with E-state index in [1.807, 2.05) is 60.1 Å². The zero-order valence-corrected chi connectivity index (χ0v) is 28.1. The molecule has 0 bridgehead atoms. The number of hydrogen-bond acceptors (Lipinski definition) is 8. The van der Waals surface area contributed by atoms with Crippen molar-refractivity contribution in [3.05, 3.63) is 60.8 Å². The van der Waals surface area contributed by atoms with Crippen molar-refractivity contribution >= 4 is 28.9 Å². The number of ether oxygens (including phenoxy) is 2. The maximum Gasteiger partial charge on any atom is 0.410 e. The van der Waals surface area contributed by atoms with Crippen LogP contribution in [0.3, 0.4) is 0 Å². The summed E-state index contributed by atoms with van der Waals surface area (Å²) < 4.78 is 11.1. The smallest absolute Gasteiger partial charge is 0.410 e. The third-order valence-corrected chi connectivity index (χ3v) is 8.45. The van der Waals surface area contributed by atoms with Crippen molar-refractivity contribution in [2.75, 3.05) is 11.9 Å². The molecule has 2 aliphatic rings. The van der Waals surface area contributed by atoms with Crippen LogP contribution in [-0.4, -0.2) is 66.9 Å². The monoisotopic (exact) mass is 639 g/mol. The van der Waals surface area contributed by atoms with E-state index < -0.39 is 17.3 Å². The summed E-state index contributed by atoms with van der Waals surface area (Å²) in [5.74, 6) is 1.31. The summed E-state index contributed by atoms with van der Waals surface area (Å²) in [7, 11) is 0. The third-order valence-electron chi connectivity index (χ3n) is 8.45. The van der Waals surface area contributed by atoms with Gasteiger partial charge in [-0.05, 0) is 102 Å². The van der Waals surface area contributed by atoms with Crippen LogP contribution in [0.2, 0.25) is 0 Å². The van der Waals surface area contributed by atoms with Gasteiger partial charge in [0, 0.05) is 42.3 Å². The summed E-state index contributed by atoms with van der Waals surface area (Å²) in [5, 5.41) is 8.58. The first-order chi connectivity index (χ1) is 22.3. The van der Waals surface area contributed by atoms with E-state index in [4.69, 9.17) is 14.5 Å². The number of hydrogen-bond donors (Lipinski definition) is 3. The lowest BCUT2D eigenvalue weighted by Crippen LogP contribution is -2.45. The van der Waals surface area contributed by atoms with Crippen LogP contribution in [0.25, 0.3) is 33.2 Å². The second-order valence-corrected chi connectivity index (χ2v) is 14.5. The molecule has 0 radical (unpaired) electrons. The van der Waals surface area contributed by atoms with Gasteiger partial charge in [0.25, 0.3) is 0 Å². The molecule has 0 unspecified atom stereocenters. The molecule has 1 saturated carbocycles. The Morgan fingerprint density at radius 3 is 2.19 bits per heavy atom. The fourth-order valence-corrected chi connectivity index (χ4v) is 6.31. The van der Waals surface area contributed by atoms with Crippen molar-refractivity contribution in [2.45, 2.75) is 103 Å². The van der Waals surface area contributed by atoms with Gasteiger partial charge in [-0.2, -0.15) is 0 Å². The molecule has 1 aliphatic heterocycles. The average molecular weight is 640 g/mol. The van der Waals surface area contributed by atoms with Crippen molar-refractivity contribution in [3.8, 4) is 22.4 Å². The van der Waals surface area contributed by atoms with Gasteiger partial charge in [-0.3, -0.25) is 4.90 Å². The van der Waals surface area contributed by atoms with Gasteiger partial charge in [-0.25, -0.2) is 24.5 Å². The van der Waals surface area contributed by atoms with Gasteiger partial charge in [0.2, 0.25) is 5.95 Å². The summed E-state index contributed by atoms with van der Waals surface area (Å²) in [6, 6.07) is 12.5. The van der Waals surface area contributed by atoms with Crippen molar-refractivity contribution in [1.82, 2.24) is 30.2 Å². The van der Waals surface area contributed by atoms with Gasteiger partial charge in [-0.1, -0.05) is 24.3 Å². The zero-order chi connectivity index (χ0) is 33.3. The molecule has 3 heterocycles. The van der Waals surface area contributed by atoms with Crippen LogP contribution >= 0.6 is 0 Å². The highest BCUT2D eigenvalue weighted by atomic mass is 16.6. The number of anilines is 1. The Kier molecular flexibility index (Phi) is 8.82. The Balaban J connectivity index is 1.11. The van der Waals surface area contributed by atoms with Gasteiger partial charge in [0.05, 0.1) is 17.8 Å². The number of nitrogens with zero attached hydrogens (tertiary/aromatic N) is 4. The number of aromatic nitrogens is 4. The second-order valence-electron chi connectivity index (χ2n) is 14.5. The number of fused-ring (bicyclic) bond motifs is 1. The Labute approximate surface area is 275 Å². The number of carbonyl (C=O) groups is 2. The topological polar surface area (TPSA) is 134 Å². The van der Waals surface area contributed by atoms with E-state index in [0.29, 0.717) is 12.5 Å². The Morgan fingerprint density at radius 1 is 0.830 bits per heavy atom. The highest BCUT2D eigenvalue weighted by Crippen LogP contribution is 2.34. The van der Waals surface area contributed by atoms with Crippen molar-refractivity contribution in [2.24, 2.45) is 0 Å². The minimum Gasteiger partial charge on any atom is -0.444 e. The highest BCUT2D eigenvalue weighted by Gasteiger charge is 2.35. The molecule has 0 spiro atoms. The van der Waals surface area contributed by atoms with E-state index in [0.717, 1.165) is 71.1 Å². The van der Waals surface area contributed by atoms with E-state index in [1.165, 1.54) is 0 Å². The van der Waals surface area contributed by atoms with Crippen molar-refractivity contribution < 1.29 is 19.1 Å². The molecule has 4 aromatic rings. The van der Waals surface area contributed by atoms with Gasteiger partial charge < -0.3 is 25.1 Å². The maximum atomic E-state index is 12.8. The fourth-order valence-electron chi connectivity index (χ4n) is 6.31. The third kappa shape index (κ3) is 7.84. The van der Waals surface area contributed by atoms with Crippen LogP contribution in [0, 0.1) is 0 Å². The number of benzene rings is 2. The molecule has 11 heteroatoms. The molecule has 3 atom stereocenters. The number of amides is 2. The number of likely N-dealkylation sites (tertiary alicyclic amines) is 1. The van der Waals surface area contributed by atoms with Gasteiger partial charge in [0.1, 0.15) is 17.0 Å². The molecule has 2 aromatic heterocycles. The molecule has 6 rings (SSSR count). The summed E-state index contributed by atoms with van der Waals surface area (Å²) in [5.41, 5.74) is 2.69. The molecule has 3 N–H and O–H groups in total. The molecule has 2 fully saturated rings. The zero-order valence-electron chi connectivity index (χ0n) is 28.1. The van der Waals surface area contributed by atoms with Gasteiger partial charge in [-0.15, -0.1) is 0 Å². The van der Waals surface area contributed by atoms with Gasteiger partial charge in [0.15, 0.2) is 0 Å². The maximum absolute atomic E-state index is 12.8. The van der Waals surface area contributed by atoms with E-state index in [9.17, 15) is 9.59 Å². The van der Waals surface area contributed by atoms with Crippen LogP contribution in [0.1, 0.15) is 85.5 Å². The predicted molar refractivity (Wildman–Crippen MR) is 182 cm³/mol. The average Bonchev–Trinajstić information content (AvgIpc) is 3.77. The minimum absolute atomic E-state index is 0.0379. The standard InChI is InChI=1S/C36H45N7O4/c1-35(2,3)46-33(44)42-28-10-7-9-27(28)41-32-38-19-26(20-39-32)24-13-12-23-18-25(15-14-22(23)17-24)29-21-37-31(40-29)30-11-8-16-43(30)34(45)47-36(4,5)6/h12-15,17-21,27-28,30H,7-11,16H2,1-6H3,(H,37,40)(H,42,44)(H,38,39,41)/t27-,28-,30+/m1/s1. The minimum atomic E-state index is -0.542. The second kappa shape index (κ2) is 12.8. The number of carbonyl (C=O) groups excluding carboxylic acids is 2. The summed E-state index contributed by atoms with van der Waals surface area (Å²) in [4.78, 5) is 44.2. The molecule has 2 amide bonds. The molecular formula is C36H45N7O4. The summed E-state index contributed by atoms with van der Waals surface area (Å²) in [6.07, 6.45) is 9.41. The number of H-pyrrole nitrogens is 1. The van der Waals surface area contributed by atoms with Crippen LogP contribution in [0.4, 0.5) is 15.5 Å². The van der Waals surface area contributed by atoms with Crippen LogP contribution in [0.15, 0.2) is 55.0 Å². The summed E-state index contributed by atoms with van der Waals surface area (Å²) in [6.45, 7) is 11.9. The number of alkyl carbamates (subject to hydrolysis) is 1. The van der Waals surface area contributed by atoms with Crippen LogP contribution in [0.5, 0.6) is 0 Å². The normalized spacial score (nSPS) is 20.0. The molecule has 11 nitrogen and oxygen atoms in total. The lowest BCUT2D eigenvalue weighted by Gasteiger charge is -2.27. The van der Waals surface area contributed by atoms with E-state index in [-0.39, 0.29) is 24.2 Å². The number of rotatable bonds is 6. The summed E-state index contributed by atoms with van der Waals surface area (Å²) >= 11 is 0. The molecule has 248 valence electrons. The Bertz CT molecular complexity index is 1740. The first-order valence-corrected chi connectivity index (χ1v) is 16.5. The van der Waals surface area contributed by atoms with Crippen LogP contribution < -0.4 is 10.6 Å². The van der Waals surface area contributed by atoms with Crippen molar-refractivity contribution in [3.63, 3.8) is 0 Å². The predicted octanol–water partition coefficient (Wildman–Crippen LogP) is 7.62. The van der Waals surface area contributed by atoms with E-state index >= 15 is 0 Å². The lowest BCUT2D eigenvalue weighted by molar-refractivity contribution is 0.0218. The number of imidazole rings is 1. The molecule has 2 aromatic carbocycles. The lowest BCUT2D eigenvalue weighted by atomic mass is 10.0. The van der Waals surface area contributed by atoms with Crippen molar-refractivity contribution in [1.29, 1.82) is 0 Å². The molecule has 1 saturated heterocycles. The SMILES string of the molecule is CC(C)(C)OC(=O)N[C@@H]1CCC[C@H]1Nc1ncc(-c2ccc3cc(-c4c[nH]c([C@@H]5CCCN5C(=O)OC(C)(C)C)n4)ccc3c2)cn1. The molecule has 47 heavy (non-hydrogen) atoms. The highest BCUT2D eigenvalue weighted by molar-refractivity contribution is 5.90. The fraction of sp³-hybridized carbons (Fsp3) is 0.472. The number of aromatic amines is 1. The largest absolute Gasteiger partial charge is 0.444 e. The first kappa shape index (κ1) is 32.3. The number of nitrogens with one attached hydrogen (secondary N) is 3. The van der Waals surface area contributed by atoms with E-state index in [2.05, 4.69) is 62.0 Å². The molecule has 1 aliphatic carbocycles. The Hall–Kier alpha value is -4.67. The Morgan fingerprint density at radius 2 is 1.49 bits per heavy atom. The first-order valence-electron chi connectivity index (χ1n) is 16.5. The van der Waals surface area contributed by atoms with E-state index in [1.54, 1.807) is 4.90 Å².